The van der Waals surface area contributed by atoms with Crippen molar-refractivity contribution in [3.8, 4) is 29.1 Å². The van der Waals surface area contributed by atoms with E-state index in [1.807, 2.05) is 0 Å². The number of benzene rings is 2. The molecule has 2 N–H and O–H groups in total. The van der Waals surface area contributed by atoms with Crippen LogP contribution in [0.5, 0.6) is 17.2 Å². The Morgan fingerprint density at radius 1 is 1.22 bits per heavy atom. The van der Waals surface area contributed by atoms with Crippen molar-refractivity contribution in [3.05, 3.63) is 77.9 Å². The van der Waals surface area contributed by atoms with Crippen LogP contribution >= 0.6 is 0 Å². The number of ether oxygens (including phenoxy) is 2. The third-order valence-corrected chi connectivity index (χ3v) is 5.17. The number of carbonyl (C=O) groups excluding carboxylic acids is 2. The number of halogens is 1. The van der Waals surface area contributed by atoms with Gasteiger partial charge in [-0.3, -0.25) is 14.6 Å². The fraction of sp³-hybridized carbons (Fsp3) is 0.222. The second kappa shape index (κ2) is 10.1. The summed E-state index contributed by atoms with van der Waals surface area (Å²) in [6.07, 6.45) is 1.38. The lowest BCUT2D eigenvalue weighted by atomic mass is 10.1. The Labute approximate surface area is 207 Å². The maximum Gasteiger partial charge on any atom is 0.270 e. The van der Waals surface area contributed by atoms with E-state index >= 15 is 0 Å². The molecule has 184 valence electrons. The average Bonchev–Trinajstić information content (AvgIpc) is 2.94. The molecule has 1 aliphatic heterocycles. The van der Waals surface area contributed by atoms with E-state index in [0.717, 1.165) is 0 Å². The van der Waals surface area contributed by atoms with E-state index in [1.54, 1.807) is 45.2 Å². The van der Waals surface area contributed by atoms with Gasteiger partial charge in [0, 0.05) is 30.9 Å². The van der Waals surface area contributed by atoms with Crippen molar-refractivity contribution in [3.63, 3.8) is 0 Å². The van der Waals surface area contributed by atoms with Crippen LogP contribution in [0.2, 0.25) is 0 Å². The quantitative estimate of drug-likeness (QED) is 0.546. The summed E-state index contributed by atoms with van der Waals surface area (Å²) in [7, 11) is 1.58. The minimum Gasteiger partial charge on any atom is -0.489 e. The van der Waals surface area contributed by atoms with Crippen molar-refractivity contribution in [2.75, 3.05) is 18.6 Å². The molecule has 0 radical (unpaired) electrons. The van der Waals surface area contributed by atoms with E-state index < -0.39 is 23.4 Å². The Morgan fingerprint density at radius 2 is 2.00 bits per heavy atom. The molecule has 9 heteroatoms. The van der Waals surface area contributed by atoms with Crippen molar-refractivity contribution in [2.45, 2.75) is 25.5 Å². The van der Waals surface area contributed by atoms with Crippen molar-refractivity contribution in [2.24, 2.45) is 0 Å². The van der Waals surface area contributed by atoms with Gasteiger partial charge in [-0.25, -0.2) is 4.39 Å². The van der Waals surface area contributed by atoms with E-state index in [2.05, 4.69) is 22.1 Å². The largest absolute Gasteiger partial charge is 0.489 e. The maximum atomic E-state index is 13.4. The Hall–Kier alpha value is -4.42. The summed E-state index contributed by atoms with van der Waals surface area (Å²) in [5.74, 6) is 5.18. The number of nitrogens with zero attached hydrogens (tertiary/aromatic N) is 2. The first-order valence-electron chi connectivity index (χ1n) is 11.1. The molecule has 1 aliphatic rings. The number of hydrogen-bond acceptors (Lipinski definition) is 6. The first-order chi connectivity index (χ1) is 17.1. The van der Waals surface area contributed by atoms with Gasteiger partial charge < -0.3 is 24.8 Å². The topological polar surface area (TPSA) is 101 Å². The number of nitrogens with one attached hydrogen (secondary N) is 1. The molecule has 2 amide bonds. The number of likely N-dealkylation sites (N-methyl/N-ethyl adjacent to an activating group) is 1. The lowest BCUT2D eigenvalue weighted by Crippen LogP contribution is -2.49. The molecule has 0 saturated heterocycles. The second-order valence-electron chi connectivity index (χ2n) is 8.66. The zero-order chi connectivity index (χ0) is 25.9. The minimum absolute atomic E-state index is 0.0188. The Bertz CT molecular complexity index is 1370. The molecule has 1 atom stereocenters. The minimum atomic E-state index is -1.16. The number of aliphatic hydroxyl groups is 1. The monoisotopic (exact) mass is 489 g/mol. The van der Waals surface area contributed by atoms with E-state index in [0.29, 0.717) is 17.0 Å². The highest BCUT2D eigenvalue weighted by atomic mass is 19.1. The van der Waals surface area contributed by atoms with Crippen molar-refractivity contribution in [1.29, 1.82) is 0 Å². The normalized spacial score (nSPS) is 15.1. The zero-order valence-corrected chi connectivity index (χ0v) is 19.9. The van der Waals surface area contributed by atoms with E-state index in [-0.39, 0.29) is 29.7 Å². The summed E-state index contributed by atoms with van der Waals surface area (Å²) in [6.45, 7) is 3.07. The Balaban J connectivity index is 1.48. The van der Waals surface area contributed by atoms with Crippen LogP contribution in [0.15, 0.2) is 60.8 Å². The molecule has 0 spiro atoms. The van der Waals surface area contributed by atoms with Gasteiger partial charge in [0.1, 0.15) is 47.0 Å². The fourth-order valence-electron chi connectivity index (χ4n) is 3.40. The van der Waals surface area contributed by atoms with Crippen LogP contribution in [0.4, 0.5) is 10.1 Å². The molecule has 0 fully saturated rings. The van der Waals surface area contributed by atoms with Crippen LogP contribution < -0.4 is 19.7 Å². The van der Waals surface area contributed by atoms with Gasteiger partial charge in [-0.15, -0.1) is 0 Å². The first-order valence-corrected chi connectivity index (χ1v) is 11.1. The highest BCUT2D eigenvalue weighted by molar-refractivity contribution is 6.03. The molecule has 3 aromatic rings. The molecule has 0 saturated carbocycles. The number of carbonyl (C=O) groups is 2. The summed E-state index contributed by atoms with van der Waals surface area (Å²) in [6, 6.07) is 12.7. The van der Waals surface area contributed by atoms with Gasteiger partial charge in [-0.2, -0.15) is 0 Å². The van der Waals surface area contributed by atoms with Crippen LogP contribution in [-0.4, -0.2) is 47.2 Å². The van der Waals surface area contributed by atoms with E-state index in [1.165, 1.54) is 41.4 Å². The lowest BCUT2D eigenvalue weighted by Gasteiger charge is -2.20. The van der Waals surface area contributed by atoms with Gasteiger partial charge >= 0.3 is 0 Å². The summed E-state index contributed by atoms with van der Waals surface area (Å²) in [4.78, 5) is 31.4. The molecule has 0 unspecified atom stereocenters. The van der Waals surface area contributed by atoms with E-state index in [4.69, 9.17) is 9.47 Å². The molecule has 4 rings (SSSR count). The van der Waals surface area contributed by atoms with Gasteiger partial charge in [0.25, 0.3) is 11.8 Å². The number of hydrogen-bond donors (Lipinski definition) is 2. The molecule has 0 aliphatic carbocycles. The van der Waals surface area contributed by atoms with Crippen molar-refractivity contribution < 1.29 is 28.6 Å². The number of amides is 2. The molecule has 0 bridgehead atoms. The van der Waals surface area contributed by atoms with Crippen LogP contribution in [0.1, 0.15) is 29.9 Å². The molecule has 36 heavy (non-hydrogen) atoms. The van der Waals surface area contributed by atoms with Gasteiger partial charge in [-0.05, 0) is 50.2 Å². The molecule has 2 heterocycles. The van der Waals surface area contributed by atoms with Crippen LogP contribution in [0.25, 0.3) is 0 Å². The maximum absolute atomic E-state index is 13.4. The Morgan fingerprint density at radius 3 is 2.75 bits per heavy atom. The van der Waals surface area contributed by atoms with Gasteiger partial charge in [0.15, 0.2) is 0 Å². The summed E-state index contributed by atoms with van der Waals surface area (Å²) in [5, 5.41) is 12.5. The Kier molecular flexibility index (Phi) is 6.90. The predicted molar refractivity (Wildman–Crippen MR) is 130 cm³/mol. The van der Waals surface area contributed by atoms with Crippen molar-refractivity contribution >= 4 is 17.5 Å². The standard InChI is InChI=1S/C27H24FN3O5/c1-27(2,34)11-9-17-7-8-24-23(13-17)31(3)26(33)22(16-35-24)30-25(32)21-15-20(10-12-29-21)36-19-6-4-5-18(28)14-19/h4-8,10,12-15,22,34H,16H2,1-3H3,(H,30,32)/t22-/m1/s1. The van der Waals surface area contributed by atoms with Crippen LogP contribution in [0, 0.1) is 17.7 Å². The van der Waals surface area contributed by atoms with Gasteiger partial charge in [0.05, 0.1) is 5.69 Å². The van der Waals surface area contributed by atoms with E-state index in [9.17, 15) is 19.1 Å². The highest BCUT2D eigenvalue weighted by Crippen LogP contribution is 2.31. The van der Waals surface area contributed by atoms with Crippen LogP contribution in [0.3, 0.4) is 0 Å². The van der Waals surface area contributed by atoms with Crippen LogP contribution in [-0.2, 0) is 4.79 Å². The smallest absolute Gasteiger partial charge is 0.270 e. The van der Waals surface area contributed by atoms with Gasteiger partial charge in [0.2, 0.25) is 0 Å². The SMILES string of the molecule is CN1C(=O)[C@H](NC(=O)c2cc(Oc3cccc(F)c3)ccn2)COc2ccc(C#CC(C)(C)O)cc21. The number of aromatic nitrogens is 1. The first kappa shape index (κ1) is 24.7. The average molecular weight is 490 g/mol. The zero-order valence-electron chi connectivity index (χ0n) is 19.9. The molecule has 2 aromatic carbocycles. The fourth-order valence-corrected chi connectivity index (χ4v) is 3.40. The summed E-state index contributed by atoms with van der Waals surface area (Å²) >= 11 is 0. The van der Waals surface area contributed by atoms with Gasteiger partial charge in [-0.1, -0.05) is 17.9 Å². The lowest BCUT2D eigenvalue weighted by molar-refractivity contribution is -0.120. The molecular weight excluding hydrogens is 465 g/mol. The molecule has 8 nitrogen and oxygen atoms in total. The number of anilines is 1. The number of rotatable bonds is 4. The molecular formula is C27H24FN3O5. The third-order valence-electron chi connectivity index (χ3n) is 5.17. The predicted octanol–water partition coefficient (Wildman–Crippen LogP) is 3.29. The summed E-state index contributed by atoms with van der Waals surface area (Å²) < 4.78 is 24.8. The highest BCUT2D eigenvalue weighted by Gasteiger charge is 2.31. The summed E-state index contributed by atoms with van der Waals surface area (Å²) in [5.41, 5.74) is -0.0530. The third kappa shape index (κ3) is 5.98. The molecule has 1 aromatic heterocycles. The van der Waals surface area contributed by atoms with Crippen molar-refractivity contribution in [1.82, 2.24) is 10.3 Å². The number of fused-ring (bicyclic) bond motifs is 1. The number of pyridine rings is 1. The second-order valence-corrected chi connectivity index (χ2v) is 8.66.